The highest BCUT2D eigenvalue weighted by molar-refractivity contribution is 6.00. The van der Waals surface area contributed by atoms with Gasteiger partial charge in [-0.2, -0.15) is 15.0 Å². The molecule has 0 N–H and O–H groups in total. The van der Waals surface area contributed by atoms with Crippen molar-refractivity contribution < 1.29 is 8.78 Å². The topological polar surface area (TPSA) is 30.7 Å². The van der Waals surface area contributed by atoms with E-state index in [0.717, 1.165) is 33.3 Å². The highest BCUT2D eigenvalue weighted by atomic mass is 19.1. The van der Waals surface area contributed by atoms with Gasteiger partial charge in [-0.25, -0.2) is 8.78 Å². The van der Waals surface area contributed by atoms with Gasteiger partial charge in [-0.1, -0.05) is 50.2 Å². The molecule has 0 saturated heterocycles. The van der Waals surface area contributed by atoms with Crippen LogP contribution in [-0.4, -0.2) is 15.0 Å². The van der Waals surface area contributed by atoms with Crippen LogP contribution in [0.3, 0.4) is 0 Å². The van der Waals surface area contributed by atoms with E-state index in [-0.39, 0.29) is 11.6 Å². The molecule has 4 rings (SSSR count). The first-order valence-corrected chi connectivity index (χ1v) is 8.91. The number of benzene rings is 3. The molecule has 1 heterocycles. The number of aromatic nitrogens is 3. The molecule has 3 nitrogen and oxygen atoms in total. The van der Waals surface area contributed by atoms with Gasteiger partial charge in [-0.05, 0) is 41.3 Å². The molecule has 5 heteroatoms. The minimum atomic E-state index is -0.276. The minimum Gasteiger partial charge on any atom is -0.207 e. The second-order valence-corrected chi connectivity index (χ2v) is 7.02. The fourth-order valence-corrected chi connectivity index (χ4v) is 3.17. The standard InChI is InChI=1S/C22H19F2N3/c1-14(2)13-27-25-21-19(15-3-7-17(23)8-4-15)11-12-20(22(21)26-27)16-5-9-18(24)10-6-16/h3-12,14H,13H2,1-2H3. The van der Waals surface area contributed by atoms with E-state index < -0.39 is 0 Å². The Morgan fingerprint density at radius 3 is 1.48 bits per heavy atom. The lowest BCUT2D eigenvalue weighted by Gasteiger charge is -2.07. The van der Waals surface area contributed by atoms with E-state index in [0.29, 0.717) is 12.5 Å². The summed E-state index contributed by atoms with van der Waals surface area (Å²) in [5.74, 6) is -0.155. The first-order chi connectivity index (χ1) is 13.0. The Hall–Kier alpha value is -3.08. The molecule has 0 spiro atoms. The second-order valence-electron chi connectivity index (χ2n) is 7.02. The molecule has 0 atom stereocenters. The summed E-state index contributed by atoms with van der Waals surface area (Å²) in [5, 5.41) is 9.39. The van der Waals surface area contributed by atoms with Crippen LogP contribution in [0.2, 0.25) is 0 Å². The van der Waals surface area contributed by atoms with Gasteiger partial charge < -0.3 is 0 Å². The molecule has 0 aliphatic rings. The van der Waals surface area contributed by atoms with Crippen LogP contribution in [0.1, 0.15) is 13.8 Å². The van der Waals surface area contributed by atoms with Crippen molar-refractivity contribution >= 4 is 11.0 Å². The van der Waals surface area contributed by atoms with Crippen LogP contribution in [0, 0.1) is 17.6 Å². The van der Waals surface area contributed by atoms with Gasteiger partial charge in [0, 0.05) is 11.1 Å². The monoisotopic (exact) mass is 363 g/mol. The molecular formula is C22H19F2N3. The Morgan fingerprint density at radius 1 is 0.704 bits per heavy atom. The van der Waals surface area contributed by atoms with E-state index in [2.05, 4.69) is 13.8 Å². The number of halogens is 2. The average Bonchev–Trinajstić information content (AvgIpc) is 3.05. The molecule has 1 aromatic heterocycles. The molecule has 0 unspecified atom stereocenters. The van der Waals surface area contributed by atoms with Crippen molar-refractivity contribution in [2.24, 2.45) is 5.92 Å². The van der Waals surface area contributed by atoms with Crippen LogP contribution in [-0.2, 0) is 6.54 Å². The number of hydrogen-bond acceptors (Lipinski definition) is 2. The molecule has 0 aliphatic carbocycles. The van der Waals surface area contributed by atoms with Gasteiger partial charge in [0.25, 0.3) is 0 Å². The minimum absolute atomic E-state index is 0.276. The van der Waals surface area contributed by atoms with Crippen LogP contribution in [0.25, 0.3) is 33.3 Å². The summed E-state index contributed by atoms with van der Waals surface area (Å²) in [6.07, 6.45) is 0. The Labute approximate surface area is 156 Å². The molecule has 0 amide bonds. The largest absolute Gasteiger partial charge is 0.207 e. The Balaban J connectivity index is 1.93. The zero-order valence-corrected chi connectivity index (χ0v) is 15.2. The molecule has 0 aliphatic heterocycles. The van der Waals surface area contributed by atoms with Crippen molar-refractivity contribution in [1.29, 1.82) is 0 Å². The Kier molecular flexibility index (Phi) is 4.44. The highest BCUT2D eigenvalue weighted by Crippen LogP contribution is 2.34. The van der Waals surface area contributed by atoms with Crippen molar-refractivity contribution in [3.63, 3.8) is 0 Å². The quantitative estimate of drug-likeness (QED) is 0.466. The molecule has 27 heavy (non-hydrogen) atoms. The number of nitrogens with zero attached hydrogens (tertiary/aromatic N) is 3. The molecular weight excluding hydrogens is 344 g/mol. The van der Waals surface area contributed by atoms with Crippen molar-refractivity contribution in [3.8, 4) is 22.3 Å². The summed E-state index contributed by atoms with van der Waals surface area (Å²) in [7, 11) is 0. The van der Waals surface area contributed by atoms with Crippen LogP contribution in [0.4, 0.5) is 8.78 Å². The van der Waals surface area contributed by atoms with E-state index in [1.54, 1.807) is 29.1 Å². The normalized spacial score (nSPS) is 11.4. The summed E-state index contributed by atoms with van der Waals surface area (Å²) >= 11 is 0. The number of fused-ring (bicyclic) bond motifs is 1. The first kappa shape index (κ1) is 17.3. The molecule has 136 valence electrons. The maximum atomic E-state index is 13.3. The Morgan fingerprint density at radius 2 is 1.11 bits per heavy atom. The lowest BCUT2D eigenvalue weighted by Crippen LogP contribution is -2.07. The molecule has 4 aromatic rings. The van der Waals surface area contributed by atoms with E-state index in [1.807, 2.05) is 12.1 Å². The third-order valence-corrected chi connectivity index (χ3v) is 4.42. The Bertz CT molecular complexity index is 999. The van der Waals surface area contributed by atoms with Crippen LogP contribution in [0.5, 0.6) is 0 Å². The van der Waals surface area contributed by atoms with Crippen LogP contribution in [0.15, 0.2) is 60.7 Å². The number of hydrogen-bond donors (Lipinski definition) is 0. The average molecular weight is 363 g/mol. The fraction of sp³-hybridized carbons (Fsp3) is 0.182. The van der Waals surface area contributed by atoms with E-state index in [9.17, 15) is 8.78 Å². The first-order valence-electron chi connectivity index (χ1n) is 8.91. The molecule has 0 radical (unpaired) electrons. The number of rotatable bonds is 4. The zero-order chi connectivity index (χ0) is 19.0. The summed E-state index contributed by atoms with van der Waals surface area (Å²) < 4.78 is 26.6. The van der Waals surface area contributed by atoms with Gasteiger partial charge in [-0.3, -0.25) is 0 Å². The van der Waals surface area contributed by atoms with Gasteiger partial charge in [0.1, 0.15) is 22.7 Å². The van der Waals surface area contributed by atoms with E-state index in [4.69, 9.17) is 10.2 Å². The van der Waals surface area contributed by atoms with Gasteiger partial charge in [0.15, 0.2) is 0 Å². The van der Waals surface area contributed by atoms with Crippen molar-refractivity contribution in [2.75, 3.05) is 0 Å². The van der Waals surface area contributed by atoms with Gasteiger partial charge in [0.05, 0.1) is 6.54 Å². The smallest absolute Gasteiger partial charge is 0.123 e. The molecule has 0 bridgehead atoms. The van der Waals surface area contributed by atoms with Crippen molar-refractivity contribution in [2.45, 2.75) is 20.4 Å². The molecule has 0 saturated carbocycles. The zero-order valence-electron chi connectivity index (χ0n) is 15.2. The molecule has 3 aromatic carbocycles. The predicted octanol–water partition coefficient (Wildman–Crippen LogP) is 5.70. The summed E-state index contributed by atoms with van der Waals surface area (Å²) in [5.41, 5.74) is 5.05. The lowest BCUT2D eigenvalue weighted by molar-refractivity contribution is 0.442. The maximum Gasteiger partial charge on any atom is 0.123 e. The SMILES string of the molecule is CC(C)Cn1nc2c(-c3ccc(F)cc3)ccc(-c3ccc(F)cc3)c2n1. The highest BCUT2D eigenvalue weighted by Gasteiger charge is 2.15. The third kappa shape index (κ3) is 3.45. The van der Waals surface area contributed by atoms with Gasteiger partial charge in [-0.15, -0.1) is 0 Å². The van der Waals surface area contributed by atoms with Crippen molar-refractivity contribution in [3.05, 3.63) is 72.3 Å². The summed E-state index contributed by atoms with van der Waals surface area (Å²) in [6.45, 7) is 4.91. The fourth-order valence-electron chi connectivity index (χ4n) is 3.17. The van der Waals surface area contributed by atoms with E-state index in [1.165, 1.54) is 24.3 Å². The van der Waals surface area contributed by atoms with Gasteiger partial charge >= 0.3 is 0 Å². The maximum absolute atomic E-state index is 13.3. The summed E-state index contributed by atoms with van der Waals surface area (Å²) in [6, 6.07) is 16.6. The lowest BCUT2D eigenvalue weighted by atomic mass is 9.98. The van der Waals surface area contributed by atoms with E-state index >= 15 is 0 Å². The van der Waals surface area contributed by atoms with Crippen LogP contribution >= 0.6 is 0 Å². The molecule has 0 fully saturated rings. The van der Waals surface area contributed by atoms with Crippen molar-refractivity contribution in [1.82, 2.24) is 15.0 Å². The third-order valence-electron chi connectivity index (χ3n) is 4.42. The predicted molar refractivity (Wildman–Crippen MR) is 103 cm³/mol. The second kappa shape index (κ2) is 6.91. The summed E-state index contributed by atoms with van der Waals surface area (Å²) in [4.78, 5) is 1.70. The van der Waals surface area contributed by atoms with Gasteiger partial charge in [0.2, 0.25) is 0 Å². The van der Waals surface area contributed by atoms with Crippen LogP contribution < -0.4 is 0 Å².